The number of carboxylic acid groups (broad SMARTS) is 1. The molecule has 50 heavy (non-hydrogen) atoms. The Morgan fingerprint density at radius 2 is 1.62 bits per heavy atom. The topological polar surface area (TPSA) is 83.5 Å². The predicted octanol–water partition coefficient (Wildman–Crippen LogP) is 9.69. The third kappa shape index (κ3) is 5.61. The first-order valence-electron chi connectivity index (χ1n) is 20.4. The Balaban J connectivity index is 1.09. The van der Waals surface area contributed by atoms with Crippen LogP contribution in [0.2, 0.25) is 0 Å². The number of hydrogen-bond acceptors (Lipinski definition) is 4. The average molecular weight is 684 g/mol. The Kier molecular flexibility index (Phi) is 9.38. The van der Waals surface area contributed by atoms with E-state index in [0.717, 1.165) is 38.8 Å². The molecule has 2 N–H and O–H groups in total. The number of Topliss-reactive ketones (excluding diaryl/α,β-unsaturated/α-hetero) is 2. The van der Waals surface area contributed by atoms with E-state index in [1.54, 1.807) is 5.57 Å². The maximum atomic E-state index is 13.9. The molecule has 0 aliphatic heterocycles. The number of fused-ring (bicyclic) bond motifs is 7. The first-order chi connectivity index (χ1) is 23.6. The van der Waals surface area contributed by atoms with Gasteiger partial charge in [0.1, 0.15) is 5.78 Å². The highest BCUT2D eigenvalue weighted by atomic mass is 16.4. The summed E-state index contributed by atoms with van der Waals surface area (Å²) in [5.41, 5.74) is 4.76. The summed E-state index contributed by atoms with van der Waals surface area (Å²) in [6, 6.07) is 10.7. The van der Waals surface area contributed by atoms with Gasteiger partial charge in [0.05, 0.1) is 5.92 Å². The average Bonchev–Trinajstić information content (AvgIpc) is 3.36. The maximum absolute atomic E-state index is 13.9. The smallest absolute Gasteiger partial charge is 0.306 e. The summed E-state index contributed by atoms with van der Waals surface area (Å²) in [5.74, 6) is 2.65. The molecule has 6 aliphatic carbocycles. The Labute approximate surface area is 302 Å². The number of carbonyl (C=O) groups excluding carboxylic acids is 2. The van der Waals surface area contributed by atoms with E-state index in [9.17, 15) is 19.5 Å². The molecule has 0 aromatic heterocycles. The number of nitrogens with one attached hydrogen (secondary N) is 1. The van der Waals surface area contributed by atoms with Crippen molar-refractivity contribution in [2.45, 2.75) is 132 Å². The zero-order valence-electron chi connectivity index (χ0n) is 32.2. The fraction of sp³-hybridized carbons (Fsp3) is 0.756. The van der Waals surface area contributed by atoms with Crippen LogP contribution in [0, 0.1) is 74.9 Å². The first-order valence-corrected chi connectivity index (χ1v) is 20.4. The lowest BCUT2D eigenvalue weighted by molar-refractivity contribution is -0.193. The highest BCUT2D eigenvalue weighted by Gasteiger charge is 2.66. The largest absolute Gasteiger partial charge is 0.481 e. The molecule has 0 heterocycles. The van der Waals surface area contributed by atoms with Gasteiger partial charge in [0.25, 0.3) is 0 Å². The highest BCUT2D eigenvalue weighted by molar-refractivity contribution is 6.00. The molecule has 5 nitrogen and oxygen atoms in total. The maximum Gasteiger partial charge on any atom is 0.306 e. The molecule has 0 bridgehead atoms. The summed E-state index contributed by atoms with van der Waals surface area (Å²) < 4.78 is 0. The minimum absolute atomic E-state index is 0.0286. The number of allylic oxidation sites excluding steroid dienone is 2. The molecule has 5 heteroatoms. The highest BCUT2D eigenvalue weighted by Crippen LogP contribution is 2.74. The van der Waals surface area contributed by atoms with Gasteiger partial charge >= 0.3 is 5.97 Å². The van der Waals surface area contributed by atoms with Crippen molar-refractivity contribution in [1.82, 2.24) is 5.32 Å². The number of rotatable bonds is 10. The normalized spacial score (nSPS) is 41.9. The predicted molar refractivity (Wildman–Crippen MR) is 199 cm³/mol. The standard InChI is InChI=1S/C45H65NO4/c1-27(2)39-36(48)25-45(21-22-46-26-29-11-9-8-10-12-29)20-16-34-31(40(39)45)13-14-38-43(34,6)19-17-37-42(4,5)30(15-18-44(37,38)7)23-35(47)32-24-33(28(32)3)41(49)50/h8-12,27-28,30-34,37-38,46H,13-26H2,1-7H3,(H,49,50). The summed E-state index contributed by atoms with van der Waals surface area (Å²) >= 11 is 0. The van der Waals surface area contributed by atoms with Crippen LogP contribution in [0.25, 0.3) is 0 Å². The van der Waals surface area contributed by atoms with Crippen LogP contribution in [0.1, 0.15) is 131 Å². The zero-order chi connectivity index (χ0) is 35.8. The molecule has 0 amide bonds. The van der Waals surface area contributed by atoms with Crippen LogP contribution in [-0.2, 0) is 20.9 Å². The second kappa shape index (κ2) is 13.0. The minimum Gasteiger partial charge on any atom is -0.481 e. The summed E-state index contributed by atoms with van der Waals surface area (Å²) in [6.07, 6.45) is 12.6. The Morgan fingerprint density at radius 1 is 0.900 bits per heavy atom. The molecule has 274 valence electrons. The molecule has 1 aromatic rings. The van der Waals surface area contributed by atoms with E-state index in [4.69, 9.17) is 0 Å². The lowest BCUT2D eigenvalue weighted by atomic mass is 9.35. The Hall–Kier alpha value is -2.27. The molecular weight excluding hydrogens is 618 g/mol. The van der Waals surface area contributed by atoms with Crippen molar-refractivity contribution in [1.29, 1.82) is 0 Å². The fourth-order valence-corrected chi connectivity index (χ4v) is 14.3. The fourth-order valence-electron chi connectivity index (χ4n) is 14.3. The molecule has 7 rings (SSSR count). The van der Waals surface area contributed by atoms with Gasteiger partial charge < -0.3 is 10.4 Å². The number of benzene rings is 1. The summed E-state index contributed by atoms with van der Waals surface area (Å²) in [6.45, 7) is 18.5. The molecule has 11 atom stereocenters. The van der Waals surface area contributed by atoms with E-state index in [1.165, 1.54) is 49.7 Å². The van der Waals surface area contributed by atoms with Crippen LogP contribution < -0.4 is 5.32 Å². The van der Waals surface area contributed by atoms with Crippen LogP contribution in [0.4, 0.5) is 0 Å². The van der Waals surface area contributed by atoms with Gasteiger partial charge in [-0.3, -0.25) is 14.4 Å². The summed E-state index contributed by atoms with van der Waals surface area (Å²) in [5, 5.41) is 13.2. The number of hydrogen-bond donors (Lipinski definition) is 2. The van der Waals surface area contributed by atoms with Crippen LogP contribution in [0.3, 0.4) is 0 Å². The first kappa shape index (κ1) is 36.1. The van der Waals surface area contributed by atoms with Crippen LogP contribution in [0.5, 0.6) is 0 Å². The quantitative estimate of drug-likeness (QED) is 0.240. The monoisotopic (exact) mass is 683 g/mol. The van der Waals surface area contributed by atoms with Crippen molar-refractivity contribution < 1.29 is 19.5 Å². The Bertz CT molecular complexity index is 1530. The zero-order valence-corrected chi connectivity index (χ0v) is 32.2. The third-order valence-corrected chi connectivity index (χ3v) is 16.9. The molecule has 0 saturated heterocycles. The molecule has 0 radical (unpaired) electrons. The van der Waals surface area contributed by atoms with E-state index < -0.39 is 5.97 Å². The van der Waals surface area contributed by atoms with Gasteiger partial charge in [-0.1, -0.05) is 84.4 Å². The van der Waals surface area contributed by atoms with Crippen LogP contribution in [0.15, 0.2) is 41.5 Å². The van der Waals surface area contributed by atoms with E-state index in [2.05, 4.69) is 77.2 Å². The third-order valence-electron chi connectivity index (χ3n) is 16.9. The summed E-state index contributed by atoms with van der Waals surface area (Å²) in [7, 11) is 0. The SMILES string of the molecule is CC(C)C1=C2C3CCC4C(C)(CCC5C(C)(C)C(CC(=O)C6CC(C(=O)O)C6C)CCC54C)C3CCC2(CCNCc2ccccc2)CC1=O. The second-order valence-electron chi connectivity index (χ2n) is 19.6. The van der Waals surface area contributed by atoms with Crippen molar-refractivity contribution in [3.8, 4) is 0 Å². The van der Waals surface area contributed by atoms with Crippen molar-refractivity contribution in [2.24, 2.45) is 74.9 Å². The lowest BCUT2D eigenvalue weighted by Gasteiger charge is -2.69. The number of ketones is 2. The van der Waals surface area contributed by atoms with Crippen molar-refractivity contribution in [3.05, 3.63) is 47.0 Å². The van der Waals surface area contributed by atoms with Crippen molar-refractivity contribution >= 4 is 17.5 Å². The van der Waals surface area contributed by atoms with E-state index in [0.29, 0.717) is 54.0 Å². The minimum atomic E-state index is -0.744. The van der Waals surface area contributed by atoms with Gasteiger partial charge in [0, 0.05) is 30.7 Å². The van der Waals surface area contributed by atoms with Gasteiger partial charge in [-0.25, -0.2) is 0 Å². The van der Waals surface area contributed by atoms with E-state index in [1.807, 2.05) is 6.92 Å². The van der Waals surface area contributed by atoms with E-state index >= 15 is 0 Å². The number of carboxylic acids is 1. The second-order valence-corrected chi connectivity index (χ2v) is 19.6. The molecule has 0 spiro atoms. The van der Waals surface area contributed by atoms with Crippen molar-refractivity contribution in [3.63, 3.8) is 0 Å². The lowest BCUT2D eigenvalue weighted by Crippen LogP contribution is -2.62. The molecule has 5 fully saturated rings. The van der Waals surface area contributed by atoms with Gasteiger partial charge in [0.15, 0.2) is 5.78 Å². The molecular formula is C45H65NO4. The molecule has 6 aliphatic rings. The molecule has 1 aromatic carbocycles. The van der Waals surface area contributed by atoms with Crippen molar-refractivity contribution in [2.75, 3.05) is 6.54 Å². The molecule has 5 saturated carbocycles. The number of carbonyl (C=O) groups is 3. The van der Waals surface area contributed by atoms with Crippen LogP contribution in [-0.4, -0.2) is 29.2 Å². The van der Waals surface area contributed by atoms with Gasteiger partial charge in [-0.2, -0.15) is 0 Å². The van der Waals surface area contributed by atoms with Gasteiger partial charge in [-0.15, -0.1) is 0 Å². The molecule has 11 unspecified atom stereocenters. The van der Waals surface area contributed by atoms with Gasteiger partial charge in [0.2, 0.25) is 0 Å². The van der Waals surface area contributed by atoms with Gasteiger partial charge in [-0.05, 0) is 140 Å². The van der Waals surface area contributed by atoms with E-state index in [-0.39, 0.29) is 45.3 Å². The Morgan fingerprint density at radius 3 is 2.30 bits per heavy atom. The number of aliphatic carboxylic acids is 1. The van der Waals surface area contributed by atoms with Crippen LogP contribution >= 0.6 is 0 Å². The summed E-state index contributed by atoms with van der Waals surface area (Å²) in [4.78, 5) is 39.0.